The Morgan fingerprint density at radius 2 is 1.52 bits per heavy atom. The van der Waals surface area contributed by atoms with E-state index in [2.05, 4.69) is 6.92 Å². The van der Waals surface area contributed by atoms with Crippen LogP contribution >= 0.6 is 0 Å². The van der Waals surface area contributed by atoms with Gasteiger partial charge in [-0.3, -0.25) is 9.63 Å². The molecule has 31 heavy (non-hydrogen) atoms. The molecule has 0 unspecified atom stereocenters. The molecule has 0 aliphatic carbocycles. The van der Waals surface area contributed by atoms with Gasteiger partial charge in [-0.05, 0) is 31.4 Å². The molecule has 0 saturated heterocycles. The SMILES string of the molecule is CCCCCCCCCCCCCC(=O)N(OCc1ccccc1)[C@@H](CO)CCCN. The number of nitrogens with two attached hydrogens (primary N) is 1. The Hall–Kier alpha value is -1.43. The highest BCUT2D eigenvalue weighted by molar-refractivity contribution is 5.75. The molecule has 1 aromatic rings. The molecule has 1 atom stereocenters. The second-order valence-electron chi connectivity index (χ2n) is 8.53. The summed E-state index contributed by atoms with van der Waals surface area (Å²) in [6.07, 6.45) is 15.7. The molecule has 178 valence electrons. The van der Waals surface area contributed by atoms with Crippen LogP contribution in [-0.2, 0) is 16.2 Å². The molecule has 0 heterocycles. The van der Waals surface area contributed by atoms with E-state index in [-0.39, 0.29) is 18.6 Å². The first-order valence-electron chi connectivity index (χ1n) is 12.5. The first-order valence-corrected chi connectivity index (χ1v) is 12.5. The Morgan fingerprint density at radius 1 is 0.935 bits per heavy atom. The van der Waals surface area contributed by atoms with Gasteiger partial charge >= 0.3 is 0 Å². The summed E-state index contributed by atoms with van der Waals surface area (Å²) in [4.78, 5) is 18.7. The van der Waals surface area contributed by atoms with Gasteiger partial charge in [0, 0.05) is 6.42 Å². The molecule has 0 radical (unpaired) electrons. The number of aliphatic hydroxyl groups excluding tert-OH is 1. The number of carbonyl (C=O) groups is 1. The van der Waals surface area contributed by atoms with Crippen LogP contribution in [0.4, 0.5) is 0 Å². The Morgan fingerprint density at radius 3 is 2.06 bits per heavy atom. The normalized spacial score (nSPS) is 12.1. The third kappa shape index (κ3) is 13.6. The highest BCUT2D eigenvalue weighted by Gasteiger charge is 2.24. The molecule has 0 aliphatic heterocycles. The highest BCUT2D eigenvalue weighted by atomic mass is 16.7. The van der Waals surface area contributed by atoms with Gasteiger partial charge in [0.1, 0.15) is 6.61 Å². The summed E-state index contributed by atoms with van der Waals surface area (Å²) in [5.74, 6) is -0.0390. The predicted molar refractivity (Wildman–Crippen MR) is 128 cm³/mol. The lowest BCUT2D eigenvalue weighted by Gasteiger charge is -2.29. The number of aliphatic hydroxyl groups is 1. The van der Waals surface area contributed by atoms with Gasteiger partial charge in [0.15, 0.2) is 0 Å². The average molecular weight is 435 g/mol. The summed E-state index contributed by atoms with van der Waals surface area (Å²) < 4.78 is 0. The molecular weight excluding hydrogens is 388 g/mol. The van der Waals surface area contributed by atoms with Crippen molar-refractivity contribution in [2.24, 2.45) is 5.73 Å². The van der Waals surface area contributed by atoms with E-state index >= 15 is 0 Å². The van der Waals surface area contributed by atoms with Crippen LogP contribution in [-0.4, -0.2) is 35.3 Å². The van der Waals surface area contributed by atoms with Crippen LogP contribution in [0.1, 0.15) is 102 Å². The van der Waals surface area contributed by atoms with Crippen LogP contribution < -0.4 is 5.73 Å². The summed E-state index contributed by atoms with van der Waals surface area (Å²) >= 11 is 0. The fourth-order valence-corrected chi connectivity index (χ4v) is 3.79. The smallest absolute Gasteiger partial charge is 0.246 e. The Balaban J connectivity index is 2.32. The number of hydrogen-bond donors (Lipinski definition) is 2. The number of amides is 1. The van der Waals surface area contributed by atoms with E-state index in [1.54, 1.807) is 0 Å². The number of unbranched alkanes of at least 4 members (excludes halogenated alkanes) is 10. The highest BCUT2D eigenvalue weighted by Crippen LogP contribution is 2.16. The van der Waals surface area contributed by atoms with Crippen molar-refractivity contribution in [3.63, 3.8) is 0 Å². The van der Waals surface area contributed by atoms with E-state index in [0.717, 1.165) is 24.8 Å². The molecule has 3 N–H and O–H groups in total. The van der Waals surface area contributed by atoms with Gasteiger partial charge < -0.3 is 10.8 Å². The fraction of sp³-hybridized carbons (Fsp3) is 0.731. The van der Waals surface area contributed by atoms with Crippen molar-refractivity contribution in [1.82, 2.24) is 5.06 Å². The summed E-state index contributed by atoms with van der Waals surface area (Å²) in [5.41, 5.74) is 6.63. The second-order valence-corrected chi connectivity index (χ2v) is 8.53. The van der Waals surface area contributed by atoms with Gasteiger partial charge in [-0.25, -0.2) is 5.06 Å². The Labute approximate surface area is 190 Å². The summed E-state index contributed by atoms with van der Waals surface area (Å²) in [7, 11) is 0. The zero-order valence-electron chi connectivity index (χ0n) is 19.8. The van der Waals surface area contributed by atoms with Gasteiger partial charge in [0.05, 0.1) is 12.6 Å². The van der Waals surface area contributed by atoms with Gasteiger partial charge in [-0.2, -0.15) is 0 Å². The van der Waals surface area contributed by atoms with E-state index in [1.807, 2.05) is 30.3 Å². The lowest BCUT2D eigenvalue weighted by atomic mass is 10.0. The minimum atomic E-state index is -0.340. The van der Waals surface area contributed by atoms with Crippen LogP contribution in [0.3, 0.4) is 0 Å². The van der Waals surface area contributed by atoms with Crippen molar-refractivity contribution in [3.8, 4) is 0 Å². The van der Waals surface area contributed by atoms with Crippen LogP contribution in [0.25, 0.3) is 0 Å². The second kappa shape index (κ2) is 19.3. The van der Waals surface area contributed by atoms with Crippen LogP contribution in [0.5, 0.6) is 0 Å². The molecule has 5 nitrogen and oxygen atoms in total. The van der Waals surface area contributed by atoms with Crippen molar-refractivity contribution in [2.75, 3.05) is 13.2 Å². The van der Waals surface area contributed by atoms with Crippen molar-refractivity contribution in [1.29, 1.82) is 0 Å². The summed E-state index contributed by atoms with van der Waals surface area (Å²) in [5, 5.41) is 11.2. The number of nitrogens with zero attached hydrogens (tertiary/aromatic N) is 1. The first kappa shape index (κ1) is 27.6. The minimum absolute atomic E-state index is 0.0390. The summed E-state index contributed by atoms with van der Waals surface area (Å²) in [6, 6.07) is 9.46. The third-order valence-corrected chi connectivity index (χ3v) is 5.74. The van der Waals surface area contributed by atoms with E-state index in [1.165, 1.54) is 62.9 Å². The Bertz CT molecular complexity index is 539. The lowest BCUT2D eigenvalue weighted by Crippen LogP contribution is -2.42. The third-order valence-electron chi connectivity index (χ3n) is 5.74. The van der Waals surface area contributed by atoms with Crippen LogP contribution in [0.2, 0.25) is 0 Å². The topological polar surface area (TPSA) is 75.8 Å². The average Bonchev–Trinajstić information content (AvgIpc) is 2.80. The van der Waals surface area contributed by atoms with Crippen molar-refractivity contribution < 1.29 is 14.7 Å². The maximum atomic E-state index is 12.8. The van der Waals surface area contributed by atoms with E-state index in [4.69, 9.17) is 10.6 Å². The molecule has 1 amide bonds. The zero-order valence-corrected chi connectivity index (χ0v) is 19.8. The molecule has 0 aliphatic rings. The lowest BCUT2D eigenvalue weighted by molar-refractivity contribution is -0.211. The number of hydrogen-bond acceptors (Lipinski definition) is 4. The molecule has 0 spiro atoms. The largest absolute Gasteiger partial charge is 0.394 e. The zero-order chi connectivity index (χ0) is 22.6. The van der Waals surface area contributed by atoms with Gasteiger partial charge in [-0.1, -0.05) is 101 Å². The van der Waals surface area contributed by atoms with E-state index < -0.39 is 0 Å². The summed E-state index contributed by atoms with van der Waals surface area (Å²) in [6.45, 7) is 3.00. The van der Waals surface area contributed by atoms with E-state index in [0.29, 0.717) is 26.0 Å². The van der Waals surface area contributed by atoms with Crippen molar-refractivity contribution in [2.45, 2.75) is 109 Å². The first-order chi connectivity index (χ1) is 15.2. The molecule has 5 heteroatoms. The van der Waals surface area contributed by atoms with Crippen LogP contribution in [0, 0.1) is 0 Å². The number of rotatable bonds is 20. The van der Waals surface area contributed by atoms with Crippen molar-refractivity contribution >= 4 is 5.91 Å². The maximum absolute atomic E-state index is 12.8. The molecule has 0 fully saturated rings. The molecule has 0 bridgehead atoms. The van der Waals surface area contributed by atoms with Crippen molar-refractivity contribution in [3.05, 3.63) is 35.9 Å². The van der Waals surface area contributed by atoms with Gasteiger partial charge in [-0.15, -0.1) is 0 Å². The number of hydroxylamine groups is 2. The number of carbonyl (C=O) groups excluding carboxylic acids is 1. The standard InChI is InChI=1S/C26H46N2O3/c1-2-3-4-5-6-7-8-9-10-11-15-20-26(30)28(25(22-29)19-16-21-27)31-23-24-17-13-12-14-18-24/h12-14,17-18,25,29H,2-11,15-16,19-23,27H2,1H3/t25-/m1/s1. The minimum Gasteiger partial charge on any atom is -0.394 e. The monoisotopic (exact) mass is 434 g/mol. The molecular formula is C26H46N2O3. The van der Waals surface area contributed by atoms with Gasteiger partial charge in [0.25, 0.3) is 0 Å². The van der Waals surface area contributed by atoms with Gasteiger partial charge in [0.2, 0.25) is 5.91 Å². The number of benzene rings is 1. The molecule has 1 aromatic carbocycles. The Kier molecular flexibility index (Phi) is 17.2. The molecule has 1 rings (SSSR count). The molecule has 0 saturated carbocycles. The van der Waals surface area contributed by atoms with Crippen LogP contribution in [0.15, 0.2) is 30.3 Å². The predicted octanol–water partition coefficient (Wildman–Crippen LogP) is 5.75. The van der Waals surface area contributed by atoms with E-state index in [9.17, 15) is 9.90 Å². The molecule has 0 aromatic heterocycles. The quantitative estimate of drug-likeness (QED) is 0.202. The fourth-order valence-electron chi connectivity index (χ4n) is 3.79. The maximum Gasteiger partial charge on any atom is 0.246 e.